The highest BCUT2D eigenvalue weighted by Gasteiger charge is 2.23. The van der Waals surface area contributed by atoms with Gasteiger partial charge in [-0.25, -0.2) is 9.59 Å². The van der Waals surface area contributed by atoms with Crippen LogP contribution in [0, 0.1) is 0 Å². The van der Waals surface area contributed by atoms with E-state index >= 15 is 0 Å². The molecule has 0 aromatic heterocycles. The molecule has 1 aromatic carbocycles. The Labute approximate surface area is 136 Å². The van der Waals surface area contributed by atoms with Crippen LogP contribution in [0.3, 0.4) is 0 Å². The molecule has 0 saturated carbocycles. The molecule has 1 unspecified atom stereocenters. The quantitative estimate of drug-likeness (QED) is 0.644. The lowest BCUT2D eigenvalue weighted by atomic mass is 10.2. The second-order valence-corrected chi connectivity index (χ2v) is 5.78. The molecule has 0 saturated heterocycles. The van der Waals surface area contributed by atoms with Gasteiger partial charge in [0.25, 0.3) is 0 Å². The summed E-state index contributed by atoms with van der Waals surface area (Å²) in [4.78, 5) is 23.9. The minimum atomic E-state index is -0.992. The first kappa shape index (κ1) is 18.5. The zero-order chi connectivity index (χ0) is 17.3. The average molecular weight is 321 g/mol. The Morgan fingerprint density at radius 3 is 2.43 bits per heavy atom. The monoisotopic (exact) mass is 321 g/mol. The van der Waals surface area contributed by atoms with E-state index in [1.807, 2.05) is 30.3 Å². The Morgan fingerprint density at radius 2 is 1.87 bits per heavy atom. The highest BCUT2D eigenvalue weighted by Crippen LogP contribution is 2.08. The first-order chi connectivity index (χ1) is 10.8. The lowest BCUT2D eigenvalue weighted by Gasteiger charge is -2.21. The van der Waals surface area contributed by atoms with Gasteiger partial charge in [-0.2, -0.15) is 0 Å². The minimum absolute atomic E-state index is 0.118. The van der Waals surface area contributed by atoms with Crippen LogP contribution < -0.4 is 5.32 Å². The number of benzene rings is 1. The number of carbonyl (C=O) groups excluding carboxylic acids is 2. The molecule has 0 aliphatic rings. The lowest BCUT2D eigenvalue weighted by Crippen LogP contribution is -2.43. The number of nitrogens with one attached hydrogen (secondary N) is 1. The van der Waals surface area contributed by atoms with Gasteiger partial charge in [0.2, 0.25) is 0 Å². The number of methoxy groups -OCH3 is 1. The van der Waals surface area contributed by atoms with Crippen molar-refractivity contribution in [1.82, 2.24) is 5.32 Å². The third-order valence-electron chi connectivity index (χ3n) is 2.56. The van der Waals surface area contributed by atoms with Gasteiger partial charge >= 0.3 is 12.1 Å². The number of alkyl carbamates (subject to hydrolysis) is 1. The van der Waals surface area contributed by atoms with Crippen LogP contribution >= 0.6 is 0 Å². The topological polar surface area (TPSA) is 73.9 Å². The summed E-state index contributed by atoms with van der Waals surface area (Å²) in [6.45, 7) is 5.33. The van der Waals surface area contributed by atoms with E-state index in [1.54, 1.807) is 20.8 Å². The molecule has 1 N–H and O–H groups in total. The van der Waals surface area contributed by atoms with Gasteiger partial charge in [0.1, 0.15) is 12.2 Å². The maximum atomic E-state index is 12.1. The minimum Gasteiger partial charge on any atom is -0.505 e. The fourth-order valence-corrected chi connectivity index (χ4v) is 1.60. The number of hydrogen-bond donors (Lipinski definition) is 1. The summed E-state index contributed by atoms with van der Waals surface area (Å²) in [6.07, 6.45) is 1.98. The van der Waals surface area contributed by atoms with E-state index in [0.29, 0.717) is 0 Å². The van der Waals surface area contributed by atoms with Crippen molar-refractivity contribution in [3.05, 3.63) is 48.2 Å². The van der Waals surface area contributed by atoms with Gasteiger partial charge in [0, 0.05) is 0 Å². The number of amides is 1. The van der Waals surface area contributed by atoms with Gasteiger partial charge < -0.3 is 19.5 Å². The van der Waals surface area contributed by atoms with Crippen molar-refractivity contribution in [2.45, 2.75) is 39.0 Å². The molecule has 126 valence electrons. The molecule has 1 amide bonds. The summed E-state index contributed by atoms with van der Waals surface area (Å²) in [7, 11) is 1.44. The van der Waals surface area contributed by atoms with Gasteiger partial charge in [0.05, 0.1) is 13.4 Å². The largest absolute Gasteiger partial charge is 0.505 e. The molecule has 6 heteroatoms. The van der Waals surface area contributed by atoms with Crippen molar-refractivity contribution in [1.29, 1.82) is 0 Å². The van der Waals surface area contributed by atoms with Gasteiger partial charge in [-0.05, 0) is 32.4 Å². The standard InChI is InChI=1S/C17H23NO5/c1-17(2,3)23-16(20)18-14(10-11-21-4)15(19)22-12-13-8-6-5-7-9-13/h5-11,14H,12H2,1-4H3,(H,18,20)/b11-10+. The van der Waals surface area contributed by atoms with E-state index in [-0.39, 0.29) is 6.61 Å². The molecule has 0 aliphatic carbocycles. The van der Waals surface area contributed by atoms with Gasteiger partial charge in [-0.15, -0.1) is 0 Å². The van der Waals surface area contributed by atoms with Crippen molar-refractivity contribution in [2.24, 2.45) is 0 Å². The van der Waals surface area contributed by atoms with E-state index < -0.39 is 23.7 Å². The zero-order valence-corrected chi connectivity index (χ0v) is 13.9. The highest BCUT2D eigenvalue weighted by molar-refractivity contribution is 5.83. The molecule has 0 bridgehead atoms. The Kier molecular flexibility index (Phi) is 7.12. The van der Waals surface area contributed by atoms with Crippen molar-refractivity contribution < 1.29 is 23.8 Å². The number of rotatable bonds is 6. The average Bonchev–Trinajstić information content (AvgIpc) is 2.48. The van der Waals surface area contributed by atoms with Crippen molar-refractivity contribution in [3.8, 4) is 0 Å². The van der Waals surface area contributed by atoms with Crippen LogP contribution in [0.5, 0.6) is 0 Å². The molecule has 1 atom stereocenters. The van der Waals surface area contributed by atoms with E-state index in [0.717, 1.165) is 5.56 Å². The lowest BCUT2D eigenvalue weighted by molar-refractivity contribution is -0.146. The van der Waals surface area contributed by atoms with Crippen LogP contribution in [-0.4, -0.2) is 30.8 Å². The van der Waals surface area contributed by atoms with E-state index in [2.05, 4.69) is 5.32 Å². The number of carbonyl (C=O) groups is 2. The van der Waals surface area contributed by atoms with Gasteiger partial charge in [-0.1, -0.05) is 30.3 Å². The Morgan fingerprint density at radius 1 is 1.22 bits per heavy atom. The Bertz CT molecular complexity index is 534. The van der Waals surface area contributed by atoms with Crippen LogP contribution in [0.25, 0.3) is 0 Å². The number of hydrogen-bond acceptors (Lipinski definition) is 5. The molecule has 6 nitrogen and oxygen atoms in total. The number of ether oxygens (including phenoxy) is 3. The summed E-state index contributed by atoms with van der Waals surface area (Å²) in [5.74, 6) is -0.604. The predicted molar refractivity (Wildman–Crippen MR) is 85.5 cm³/mol. The van der Waals surface area contributed by atoms with Crippen molar-refractivity contribution in [3.63, 3.8) is 0 Å². The maximum absolute atomic E-state index is 12.1. The fraction of sp³-hybridized carbons (Fsp3) is 0.412. The van der Waals surface area contributed by atoms with Gasteiger partial charge in [0.15, 0.2) is 6.04 Å². The van der Waals surface area contributed by atoms with Gasteiger partial charge in [-0.3, -0.25) is 0 Å². The highest BCUT2D eigenvalue weighted by atomic mass is 16.6. The molecule has 0 fully saturated rings. The summed E-state index contributed by atoms with van der Waals surface area (Å²) >= 11 is 0. The van der Waals surface area contributed by atoms with Crippen LogP contribution in [0.4, 0.5) is 4.79 Å². The van der Waals surface area contributed by atoms with E-state index in [4.69, 9.17) is 14.2 Å². The normalized spacial score (nSPS) is 12.5. The molecule has 1 rings (SSSR count). The molecular weight excluding hydrogens is 298 g/mol. The SMILES string of the molecule is CO/C=C/C(NC(=O)OC(C)(C)C)C(=O)OCc1ccccc1. The second-order valence-electron chi connectivity index (χ2n) is 5.78. The molecule has 0 heterocycles. The molecule has 0 aliphatic heterocycles. The first-order valence-electron chi connectivity index (χ1n) is 7.21. The van der Waals surface area contributed by atoms with Crippen LogP contribution in [0.15, 0.2) is 42.7 Å². The summed E-state index contributed by atoms with van der Waals surface area (Å²) < 4.78 is 15.1. The Hall–Kier alpha value is -2.50. The molecule has 0 spiro atoms. The van der Waals surface area contributed by atoms with Crippen molar-refractivity contribution in [2.75, 3.05) is 7.11 Å². The van der Waals surface area contributed by atoms with Crippen LogP contribution in [0.2, 0.25) is 0 Å². The molecule has 1 aromatic rings. The third-order valence-corrected chi connectivity index (χ3v) is 2.56. The summed E-state index contributed by atoms with van der Waals surface area (Å²) in [6, 6.07) is 8.27. The zero-order valence-electron chi connectivity index (χ0n) is 13.9. The van der Waals surface area contributed by atoms with E-state index in [1.165, 1.54) is 19.4 Å². The Balaban J connectivity index is 2.63. The predicted octanol–water partition coefficient (Wildman–Crippen LogP) is 2.78. The number of esters is 1. The van der Waals surface area contributed by atoms with Crippen molar-refractivity contribution >= 4 is 12.1 Å². The first-order valence-corrected chi connectivity index (χ1v) is 7.21. The fourth-order valence-electron chi connectivity index (χ4n) is 1.60. The second kappa shape index (κ2) is 8.82. The third kappa shape index (κ3) is 7.90. The maximum Gasteiger partial charge on any atom is 0.408 e. The smallest absolute Gasteiger partial charge is 0.408 e. The van der Waals surface area contributed by atoms with Crippen LogP contribution in [0.1, 0.15) is 26.3 Å². The molecule has 23 heavy (non-hydrogen) atoms. The molecule has 0 radical (unpaired) electrons. The molecular formula is C17H23NO5. The summed E-state index contributed by atoms with van der Waals surface area (Å²) in [5, 5.41) is 2.44. The summed E-state index contributed by atoms with van der Waals surface area (Å²) in [5.41, 5.74) is 0.195. The van der Waals surface area contributed by atoms with E-state index in [9.17, 15) is 9.59 Å². The van der Waals surface area contributed by atoms with Crippen LogP contribution in [-0.2, 0) is 25.6 Å².